The van der Waals surface area contributed by atoms with Crippen LogP contribution in [0.3, 0.4) is 0 Å². The van der Waals surface area contributed by atoms with E-state index in [1.165, 1.54) is 33.7 Å². The van der Waals surface area contributed by atoms with Gasteiger partial charge in [-0.05, 0) is 57.2 Å². The van der Waals surface area contributed by atoms with Gasteiger partial charge in [-0.2, -0.15) is 0 Å². The number of hydrogen-bond acceptors (Lipinski definition) is 7. The van der Waals surface area contributed by atoms with Crippen molar-refractivity contribution in [3.05, 3.63) is 109 Å². The van der Waals surface area contributed by atoms with Crippen molar-refractivity contribution >= 4 is 23.6 Å². The van der Waals surface area contributed by atoms with E-state index in [4.69, 9.17) is 21.1 Å². The second-order valence-electron chi connectivity index (χ2n) is 9.89. The summed E-state index contributed by atoms with van der Waals surface area (Å²) in [4.78, 5) is 34.8. The summed E-state index contributed by atoms with van der Waals surface area (Å²) in [6.45, 7) is 5.73. The summed E-state index contributed by atoms with van der Waals surface area (Å²) in [6, 6.07) is 5.73. The zero-order valence-electron chi connectivity index (χ0n) is 23.4. The summed E-state index contributed by atoms with van der Waals surface area (Å²) in [6.07, 6.45) is 7.53. The number of aliphatic hydroxyl groups is 1. The third-order valence-electron chi connectivity index (χ3n) is 6.91. The van der Waals surface area contributed by atoms with Crippen LogP contribution < -0.4 is 15.9 Å². The third kappa shape index (κ3) is 7.28. The molecule has 1 atom stereocenters. The molecule has 1 fully saturated rings. The highest BCUT2D eigenvalue weighted by atomic mass is 35.5. The number of pyridine rings is 3. The average molecular weight is 601 g/mol. The van der Waals surface area contributed by atoms with E-state index in [-0.39, 0.29) is 40.4 Å². The number of aromatic nitrogens is 3. The van der Waals surface area contributed by atoms with E-state index in [2.05, 4.69) is 9.98 Å². The number of halogens is 3. The van der Waals surface area contributed by atoms with Gasteiger partial charge in [-0.1, -0.05) is 17.7 Å². The van der Waals surface area contributed by atoms with Gasteiger partial charge in [0.1, 0.15) is 34.7 Å². The number of aliphatic imine (C=N–C) groups is 1. The van der Waals surface area contributed by atoms with Gasteiger partial charge in [0.2, 0.25) is 0 Å². The van der Waals surface area contributed by atoms with E-state index in [1.54, 1.807) is 39.1 Å². The molecule has 0 unspecified atom stereocenters. The van der Waals surface area contributed by atoms with Gasteiger partial charge in [0.25, 0.3) is 11.1 Å². The molecule has 1 aliphatic rings. The van der Waals surface area contributed by atoms with Gasteiger partial charge in [-0.15, -0.1) is 0 Å². The van der Waals surface area contributed by atoms with Crippen LogP contribution in [0.5, 0.6) is 5.75 Å². The quantitative estimate of drug-likeness (QED) is 0.293. The van der Waals surface area contributed by atoms with E-state index >= 15 is 0 Å². The average Bonchev–Trinajstić information content (AvgIpc) is 2.97. The Hall–Kier alpha value is -3.93. The molecule has 0 radical (unpaired) electrons. The zero-order chi connectivity index (χ0) is 30.4. The number of hydrogen-bond donors (Lipinski definition) is 1. The molecule has 0 bridgehead atoms. The van der Waals surface area contributed by atoms with Gasteiger partial charge >= 0.3 is 0 Å². The molecular weight excluding hydrogens is 570 g/mol. The topological polar surface area (TPSA) is 108 Å². The Morgan fingerprint density at radius 3 is 2.71 bits per heavy atom. The Morgan fingerprint density at radius 1 is 1.29 bits per heavy atom. The first kappa shape index (κ1) is 31.0. The van der Waals surface area contributed by atoms with Gasteiger partial charge in [0, 0.05) is 55.2 Å². The Kier molecular flexibility index (Phi) is 10.2. The van der Waals surface area contributed by atoms with E-state index in [9.17, 15) is 23.5 Å². The monoisotopic (exact) mass is 600 g/mol. The standard InChI is InChI=1S/C30H31ClF2N4O5/c1-18(20(3)38)15-35-27(37-9-4-5-23(29(37)39)21-7-11-41-12-8-21)6-10-36-19(2)13-26(28(31)30(36)40)42-17-25-24(33)14-22(32)16-34-25/h4-6,9-10,13-16,20-21,38H,7-8,11-12,17H2,1-3H3/b10-6+,18-15-,35-27-/t20-/m0/s1. The summed E-state index contributed by atoms with van der Waals surface area (Å²) < 4.78 is 40.7. The lowest BCUT2D eigenvalue weighted by atomic mass is 9.93. The Morgan fingerprint density at radius 2 is 2.02 bits per heavy atom. The van der Waals surface area contributed by atoms with Gasteiger partial charge in [-0.25, -0.2) is 13.8 Å². The Balaban J connectivity index is 1.69. The van der Waals surface area contributed by atoms with E-state index in [0.29, 0.717) is 36.1 Å². The van der Waals surface area contributed by atoms with Crippen molar-refractivity contribution in [2.45, 2.75) is 52.2 Å². The molecule has 4 rings (SSSR count). The molecule has 4 heterocycles. The molecule has 3 aromatic heterocycles. The highest BCUT2D eigenvalue weighted by Crippen LogP contribution is 2.25. The molecule has 1 N–H and O–H groups in total. The van der Waals surface area contributed by atoms with Crippen LogP contribution in [0.15, 0.2) is 69.1 Å². The minimum atomic E-state index is -0.887. The van der Waals surface area contributed by atoms with Gasteiger partial charge in [-0.3, -0.25) is 23.7 Å². The lowest BCUT2D eigenvalue weighted by Gasteiger charge is -2.22. The second kappa shape index (κ2) is 13.8. The van der Waals surface area contributed by atoms with Crippen LogP contribution in [0.4, 0.5) is 8.78 Å². The number of aryl methyl sites for hydroxylation is 1. The molecule has 1 saturated heterocycles. The SMILES string of the molecule is C/C(=C/N=C(/C=C/n1c(C)cc(OCc2ncc(F)cc2F)c(Cl)c1=O)n1cccc(C2CCOCC2)c1=O)[C@H](C)O. The first-order valence-electron chi connectivity index (χ1n) is 13.3. The fourth-order valence-corrected chi connectivity index (χ4v) is 4.49. The highest BCUT2D eigenvalue weighted by molar-refractivity contribution is 6.31. The minimum Gasteiger partial charge on any atom is -0.485 e. The highest BCUT2D eigenvalue weighted by Gasteiger charge is 2.20. The molecule has 9 nitrogen and oxygen atoms in total. The maximum atomic E-state index is 14.0. The lowest BCUT2D eigenvalue weighted by Crippen LogP contribution is -2.31. The van der Waals surface area contributed by atoms with Crippen LogP contribution in [0.2, 0.25) is 5.02 Å². The smallest absolute Gasteiger partial charge is 0.277 e. The predicted molar refractivity (Wildman–Crippen MR) is 156 cm³/mol. The summed E-state index contributed by atoms with van der Waals surface area (Å²) in [5.74, 6) is -1.46. The molecule has 0 aromatic carbocycles. The van der Waals surface area contributed by atoms with Gasteiger partial charge < -0.3 is 14.6 Å². The fourth-order valence-electron chi connectivity index (χ4n) is 4.29. The first-order chi connectivity index (χ1) is 20.1. The number of ether oxygens (including phenoxy) is 2. The maximum absolute atomic E-state index is 14.0. The molecule has 0 amide bonds. The number of nitrogens with zero attached hydrogens (tertiary/aromatic N) is 4. The van der Waals surface area contributed by atoms with Crippen molar-refractivity contribution in [3.63, 3.8) is 0 Å². The van der Waals surface area contributed by atoms with Crippen molar-refractivity contribution in [1.29, 1.82) is 0 Å². The zero-order valence-corrected chi connectivity index (χ0v) is 24.1. The van der Waals surface area contributed by atoms with Crippen molar-refractivity contribution < 1.29 is 23.4 Å². The minimum absolute atomic E-state index is 0.000828. The fraction of sp³-hybridized carbons (Fsp3) is 0.333. The van der Waals surface area contributed by atoms with Crippen LogP contribution in [-0.4, -0.2) is 44.4 Å². The Bertz CT molecular complexity index is 1660. The van der Waals surface area contributed by atoms with Crippen LogP contribution in [0.1, 0.15) is 49.6 Å². The maximum Gasteiger partial charge on any atom is 0.277 e. The molecule has 12 heteroatoms. The molecule has 0 aliphatic carbocycles. The second-order valence-corrected chi connectivity index (χ2v) is 10.3. The van der Waals surface area contributed by atoms with Crippen LogP contribution in [-0.2, 0) is 11.3 Å². The molecule has 0 saturated carbocycles. The van der Waals surface area contributed by atoms with Crippen LogP contribution in [0.25, 0.3) is 6.20 Å². The molecule has 0 spiro atoms. The number of rotatable bonds is 8. The first-order valence-corrected chi connectivity index (χ1v) is 13.7. The number of aliphatic hydroxyl groups excluding tert-OH is 1. The lowest BCUT2D eigenvalue weighted by molar-refractivity contribution is 0.0850. The van der Waals surface area contributed by atoms with E-state index in [0.717, 1.165) is 19.0 Å². The van der Waals surface area contributed by atoms with Gasteiger partial charge in [0.15, 0.2) is 5.82 Å². The van der Waals surface area contributed by atoms with E-state index in [1.807, 2.05) is 0 Å². The summed E-state index contributed by atoms with van der Waals surface area (Å²) in [5, 5.41) is 9.64. The molecule has 3 aromatic rings. The largest absolute Gasteiger partial charge is 0.485 e. The van der Waals surface area contributed by atoms with Crippen molar-refractivity contribution in [2.75, 3.05) is 13.2 Å². The van der Waals surface area contributed by atoms with Crippen molar-refractivity contribution in [3.8, 4) is 5.75 Å². The summed E-state index contributed by atoms with van der Waals surface area (Å²) in [5.41, 5.74) is 0.602. The predicted octanol–water partition coefficient (Wildman–Crippen LogP) is 4.82. The molecule has 222 valence electrons. The summed E-state index contributed by atoms with van der Waals surface area (Å²) >= 11 is 6.30. The molecular formula is C30H31ClF2N4O5. The van der Waals surface area contributed by atoms with Crippen molar-refractivity contribution in [2.24, 2.45) is 4.99 Å². The van der Waals surface area contributed by atoms with Crippen LogP contribution in [0, 0.1) is 18.6 Å². The Labute approximate surface area is 246 Å². The summed E-state index contributed by atoms with van der Waals surface area (Å²) in [7, 11) is 0. The normalized spacial score (nSPS) is 15.8. The number of allylic oxidation sites excluding steroid dienone is 1. The van der Waals surface area contributed by atoms with Crippen LogP contribution >= 0.6 is 11.6 Å². The molecule has 42 heavy (non-hydrogen) atoms. The van der Waals surface area contributed by atoms with Gasteiger partial charge in [0.05, 0.1) is 12.3 Å². The van der Waals surface area contributed by atoms with Crippen molar-refractivity contribution in [1.82, 2.24) is 14.1 Å². The van der Waals surface area contributed by atoms with E-state index < -0.39 is 23.3 Å². The third-order valence-corrected chi connectivity index (χ3v) is 7.26. The molecule has 1 aliphatic heterocycles.